The fraction of sp³-hybridized carbons (Fsp3) is 0.400. The number of benzene rings is 2. The van der Waals surface area contributed by atoms with Crippen molar-refractivity contribution in [2.75, 3.05) is 6.61 Å². The Morgan fingerprint density at radius 2 is 1.77 bits per heavy atom. The van der Waals surface area contributed by atoms with Crippen molar-refractivity contribution in [3.05, 3.63) is 70.1 Å². The van der Waals surface area contributed by atoms with Crippen molar-refractivity contribution in [2.45, 2.75) is 52.1 Å². The van der Waals surface area contributed by atoms with Gasteiger partial charge in [0.1, 0.15) is 17.1 Å². The Morgan fingerprint density at radius 1 is 1.00 bits per heavy atom. The number of hydrogen-bond acceptors (Lipinski definition) is 5. The third kappa shape index (κ3) is 5.63. The fourth-order valence-corrected chi connectivity index (χ4v) is 3.55. The van der Waals surface area contributed by atoms with Gasteiger partial charge in [0.2, 0.25) is 0 Å². The minimum absolute atomic E-state index is 0.0129. The van der Waals surface area contributed by atoms with Gasteiger partial charge in [-0.2, -0.15) is 0 Å². The molecule has 1 aromatic heterocycles. The van der Waals surface area contributed by atoms with Crippen LogP contribution in [0.4, 0.5) is 0 Å². The molecular weight excluding hydrogens is 380 g/mol. The van der Waals surface area contributed by atoms with E-state index >= 15 is 0 Å². The second-order valence-corrected chi connectivity index (χ2v) is 8.08. The number of ether oxygens (including phenoxy) is 1. The van der Waals surface area contributed by atoms with Crippen molar-refractivity contribution in [2.24, 2.45) is 5.92 Å². The van der Waals surface area contributed by atoms with Gasteiger partial charge < -0.3 is 19.4 Å². The van der Waals surface area contributed by atoms with Crippen LogP contribution in [0.2, 0.25) is 0 Å². The quantitative estimate of drug-likeness (QED) is 0.467. The summed E-state index contributed by atoms with van der Waals surface area (Å²) in [5.74, 6) is 1.33. The maximum absolute atomic E-state index is 12.5. The lowest BCUT2D eigenvalue weighted by atomic mass is 9.99. The third-order valence-electron chi connectivity index (χ3n) is 5.26. The predicted molar refractivity (Wildman–Crippen MR) is 118 cm³/mol. The molecule has 0 spiro atoms. The van der Waals surface area contributed by atoms with Crippen LogP contribution in [0.3, 0.4) is 0 Å². The average molecular weight is 411 g/mol. The monoisotopic (exact) mass is 410 g/mol. The summed E-state index contributed by atoms with van der Waals surface area (Å²) in [5, 5.41) is 20.3. The van der Waals surface area contributed by atoms with Crippen LogP contribution >= 0.6 is 0 Å². The highest BCUT2D eigenvalue weighted by molar-refractivity contribution is 5.84. The first kappa shape index (κ1) is 21.9. The molecule has 3 rings (SSSR count). The molecule has 1 heterocycles. The molecule has 0 radical (unpaired) electrons. The van der Waals surface area contributed by atoms with Gasteiger partial charge in [-0.15, -0.1) is 0 Å². The maximum Gasteiger partial charge on any atom is 0.343 e. The molecule has 0 aliphatic heterocycles. The number of para-hydroxylation sites is 1. The first-order chi connectivity index (χ1) is 14.5. The van der Waals surface area contributed by atoms with Crippen molar-refractivity contribution in [1.82, 2.24) is 0 Å². The molecule has 1 unspecified atom stereocenters. The average Bonchev–Trinajstić information content (AvgIpc) is 2.72. The summed E-state index contributed by atoms with van der Waals surface area (Å²) in [7, 11) is 0. The highest BCUT2D eigenvalue weighted by Gasteiger charge is 2.18. The molecule has 30 heavy (non-hydrogen) atoms. The summed E-state index contributed by atoms with van der Waals surface area (Å²) in [6.07, 6.45) is 3.28. The van der Waals surface area contributed by atoms with E-state index in [1.54, 1.807) is 12.1 Å². The highest BCUT2D eigenvalue weighted by atomic mass is 16.5. The molecule has 0 aliphatic carbocycles. The van der Waals surface area contributed by atoms with E-state index in [0.717, 1.165) is 24.2 Å². The van der Waals surface area contributed by atoms with Gasteiger partial charge in [0.25, 0.3) is 0 Å². The number of fused-ring (bicyclic) bond motifs is 1. The standard InChI is InChI=1S/C25H30O5/c1-17(2)8-10-20(29-19-6-4-3-5-7-19)11-13-22-24(27)21-12-9-18(14-15-26)16-23(21)30-25(22)28/h3-7,9,12,16-17,20,26-27H,8,10-11,13-15H2,1-2H3. The third-order valence-corrected chi connectivity index (χ3v) is 5.26. The Hall–Kier alpha value is -2.79. The van der Waals surface area contributed by atoms with E-state index in [2.05, 4.69) is 13.8 Å². The molecule has 0 amide bonds. The summed E-state index contributed by atoms with van der Waals surface area (Å²) in [6, 6.07) is 14.9. The Bertz CT molecular complexity index is 1010. The topological polar surface area (TPSA) is 79.9 Å². The molecule has 0 saturated carbocycles. The molecule has 5 nitrogen and oxygen atoms in total. The zero-order chi connectivity index (χ0) is 21.5. The first-order valence-corrected chi connectivity index (χ1v) is 10.6. The Morgan fingerprint density at radius 3 is 2.47 bits per heavy atom. The van der Waals surface area contributed by atoms with Crippen molar-refractivity contribution in [3.63, 3.8) is 0 Å². The van der Waals surface area contributed by atoms with Gasteiger partial charge in [0.05, 0.1) is 17.1 Å². The molecule has 0 bridgehead atoms. The van der Waals surface area contributed by atoms with Crippen LogP contribution in [-0.2, 0) is 12.8 Å². The van der Waals surface area contributed by atoms with E-state index in [4.69, 9.17) is 14.3 Å². The SMILES string of the molecule is CC(C)CCC(CCc1c(O)c2ccc(CCO)cc2oc1=O)Oc1ccccc1. The van der Waals surface area contributed by atoms with Crippen LogP contribution in [0.25, 0.3) is 11.0 Å². The molecular formula is C25H30O5. The molecule has 5 heteroatoms. The number of aromatic hydroxyl groups is 1. The largest absolute Gasteiger partial charge is 0.507 e. The lowest BCUT2D eigenvalue weighted by Gasteiger charge is -2.20. The van der Waals surface area contributed by atoms with E-state index in [-0.39, 0.29) is 24.0 Å². The van der Waals surface area contributed by atoms with Gasteiger partial charge in [0.15, 0.2) is 0 Å². The van der Waals surface area contributed by atoms with Crippen molar-refractivity contribution < 1.29 is 19.4 Å². The molecule has 2 aromatic carbocycles. The number of aliphatic hydroxyl groups is 1. The fourth-order valence-electron chi connectivity index (χ4n) is 3.55. The van der Waals surface area contributed by atoms with Crippen LogP contribution in [-0.4, -0.2) is 22.9 Å². The summed E-state index contributed by atoms with van der Waals surface area (Å²) >= 11 is 0. The second kappa shape index (κ2) is 10.3. The first-order valence-electron chi connectivity index (χ1n) is 10.6. The summed E-state index contributed by atoms with van der Waals surface area (Å²) in [6.45, 7) is 4.36. The lowest BCUT2D eigenvalue weighted by Crippen LogP contribution is -2.20. The molecule has 0 saturated heterocycles. The van der Waals surface area contributed by atoms with E-state index in [1.807, 2.05) is 36.4 Å². The summed E-state index contributed by atoms with van der Waals surface area (Å²) in [4.78, 5) is 12.5. The zero-order valence-electron chi connectivity index (χ0n) is 17.6. The maximum atomic E-state index is 12.5. The number of hydrogen-bond donors (Lipinski definition) is 2. The van der Waals surface area contributed by atoms with E-state index < -0.39 is 5.63 Å². The van der Waals surface area contributed by atoms with Crippen molar-refractivity contribution in [1.29, 1.82) is 0 Å². The van der Waals surface area contributed by atoms with E-state index in [0.29, 0.717) is 36.1 Å². The van der Waals surface area contributed by atoms with Gasteiger partial charge in [-0.05, 0) is 67.9 Å². The minimum atomic E-state index is -0.525. The van der Waals surface area contributed by atoms with Gasteiger partial charge in [-0.3, -0.25) is 0 Å². The predicted octanol–water partition coefficient (Wildman–Crippen LogP) is 4.85. The lowest BCUT2D eigenvalue weighted by molar-refractivity contribution is 0.172. The van der Waals surface area contributed by atoms with Gasteiger partial charge >= 0.3 is 5.63 Å². The van der Waals surface area contributed by atoms with Crippen LogP contribution < -0.4 is 10.4 Å². The van der Waals surface area contributed by atoms with Gasteiger partial charge in [-0.1, -0.05) is 38.1 Å². The summed E-state index contributed by atoms with van der Waals surface area (Å²) in [5.41, 5.74) is 0.946. The molecule has 3 aromatic rings. The number of aliphatic hydroxyl groups excluding tert-OH is 1. The normalized spacial score (nSPS) is 12.4. The van der Waals surface area contributed by atoms with Crippen LogP contribution in [0.5, 0.6) is 11.5 Å². The molecule has 160 valence electrons. The second-order valence-electron chi connectivity index (χ2n) is 8.08. The van der Waals surface area contributed by atoms with Crippen molar-refractivity contribution >= 4 is 11.0 Å². The molecule has 0 fully saturated rings. The van der Waals surface area contributed by atoms with Crippen LogP contribution in [0.1, 0.15) is 44.2 Å². The Labute approximate surface area is 176 Å². The van der Waals surface area contributed by atoms with E-state index in [1.165, 1.54) is 0 Å². The molecule has 2 N–H and O–H groups in total. The van der Waals surface area contributed by atoms with Gasteiger partial charge in [-0.25, -0.2) is 4.79 Å². The molecule has 1 atom stereocenters. The Kier molecular flexibility index (Phi) is 7.52. The van der Waals surface area contributed by atoms with E-state index in [9.17, 15) is 9.90 Å². The number of rotatable bonds is 10. The smallest absolute Gasteiger partial charge is 0.343 e. The van der Waals surface area contributed by atoms with Crippen molar-refractivity contribution in [3.8, 4) is 11.5 Å². The molecule has 0 aliphatic rings. The minimum Gasteiger partial charge on any atom is -0.507 e. The summed E-state index contributed by atoms with van der Waals surface area (Å²) < 4.78 is 11.6. The zero-order valence-corrected chi connectivity index (χ0v) is 17.6. The van der Waals surface area contributed by atoms with Gasteiger partial charge in [0, 0.05) is 6.61 Å². The van der Waals surface area contributed by atoms with Crippen LogP contribution in [0.15, 0.2) is 57.7 Å². The highest BCUT2D eigenvalue weighted by Crippen LogP contribution is 2.29. The van der Waals surface area contributed by atoms with Crippen LogP contribution in [0, 0.1) is 5.92 Å². The Balaban J connectivity index is 1.80.